The number of carbonyl (C=O) groups is 1. The molecule has 1 unspecified atom stereocenters. The molecule has 13 heavy (non-hydrogen) atoms. The summed E-state index contributed by atoms with van der Waals surface area (Å²) in [6.45, 7) is -0.743. The van der Waals surface area contributed by atoms with Crippen LogP contribution in [-0.4, -0.2) is 44.4 Å². The number of carbonyl (C=O) groups excluding carboxylic acids is 1. The van der Waals surface area contributed by atoms with Crippen LogP contribution in [0.1, 0.15) is 0 Å². The molecule has 0 aromatic heterocycles. The van der Waals surface area contributed by atoms with Crippen molar-refractivity contribution in [3.05, 3.63) is 11.5 Å². The number of ether oxygens (including phenoxy) is 1. The van der Waals surface area contributed by atoms with Gasteiger partial charge in [0.1, 0.15) is 5.34 Å². The van der Waals surface area contributed by atoms with E-state index in [2.05, 4.69) is 4.74 Å². The Balaban J connectivity index is 2.94. The molecule has 0 spiro atoms. The van der Waals surface area contributed by atoms with Gasteiger partial charge in [-0.15, -0.1) is 0 Å². The fraction of sp³-hybridized carbons (Fsp3) is 0.500. The molecule has 1 aliphatic rings. The van der Waals surface area contributed by atoms with Crippen LogP contribution in [-0.2, 0) is 9.53 Å². The third kappa shape index (κ3) is 1.60. The number of aliphatic hydroxyl groups excluding tert-OH is 3. The first-order valence-corrected chi connectivity index (χ1v) is 3.93. The van der Waals surface area contributed by atoms with E-state index in [9.17, 15) is 9.90 Å². The van der Waals surface area contributed by atoms with E-state index in [0.717, 1.165) is 0 Å². The Bertz CT molecular complexity index is 270. The Kier molecular flexibility index (Phi) is 2.47. The van der Waals surface area contributed by atoms with Gasteiger partial charge in [-0.3, -0.25) is 0 Å². The van der Waals surface area contributed by atoms with Crippen LogP contribution in [0.25, 0.3) is 0 Å². The average Bonchev–Trinajstić information content (AvgIpc) is 2.33. The van der Waals surface area contributed by atoms with E-state index in [-0.39, 0.29) is 0 Å². The van der Waals surface area contributed by atoms with Crippen LogP contribution in [0.3, 0.4) is 0 Å². The van der Waals surface area contributed by atoms with Crippen LogP contribution < -0.4 is 0 Å². The number of cyclic esters (lactones) is 1. The smallest absolute Gasteiger partial charge is 0.378 e. The first-order chi connectivity index (χ1) is 5.90. The molecule has 1 aliphatic heterocycles. The van der Waals surface area contributed by atoms with Crippen molar-refractivity contribution in [3.8, 4) is 0 Å². The molecule has 0 fully saturated rings. The zero-order valence-corrected chi connectivity index (χ0v) is 7.62. The minimum absolute atomic E-state index is 0.743. The molecule has 0 aliphatic carbocycles. The molecule has 4 N–H and O–H groups in total. The molecule has 0 saturated heterocycles. The molecule has 3 atom stereocenters. The quantitative estimate of drug-likeness (QED) is 0.335. The van der Waals surface area contributed by atoms with Crippen LogP contribution in [0.2, 0.25) is 0 Å². The highest BCUT2D eigenvalue weighted by Gasteiger charge is 2.46. The van der Waals surface area contributed by atoms with Crippen molar-refractivity contribution < 1.29 is 30.0 Å². The van der Waals surface area contributed by atoms with Gasteiger partial charge in [-0.2, -0.15) is 0 Å². The van der Waals surface area contributed by atoms with E-state index in [4.69, 9.17) is 15.3 Å². The summed E-state index contributed by atoms with van der Waals surface area (Å²) in [5.74, 6) is -2.85. The topological polar surface area (TPSA) is 107 Å². The SMILES string of the molecule is O=C1O[C@H]([C@](O)(P)CO)C(O)=C1O. The molecule has 6 nitrogen and oxygen atoms in total. The molecule has 1 heterocycles. The molecule has 0 radical (unpaired) electrons. The van der Waals surface area contributed by atoms with Gasteiger partial charge >= 0.3 is 5.97 Å². The predicted molar refractivity (Wildman–Crippen MR) is 43.9 cm³/mol. The number of aliphatic hydroxyl groups is 4. The lowest BCUT2D eigenvalue weighted by molar-refractivity contribution is -0.150. The second-order valence-electron chi connectivity index (χ2n) is 2.67. The fourth-order valence-corrected chi connectivity index (χ4v) is 1.10. The predicted octanol–water partition coefficient (Wildman–Crippen LogP) is -1.20. The normalized spacial score (nSPS) is 27.3. The van der Waals surface area contributed by atoms with Gasteiger partial charge in [0, 0.05) is 0 Å². The van der Waals surface area contributed by atoms with Crippen molar-refractivity contribution in [3.63, 3.8) is 0 Å². The van der Waals surface area contributed by atoms with E-state index in [1.165, 1.54) is 0 Å². The average molecular weight is 208 g/mol. The van der Waals surface area contributed by atoms with E-state index < -0.39 is 35.5 Å². The number of esters is 1. The van der Waals surface area contributed by atoms with Gasteiger partial charge in [-0.25, -0.2) is 4.79 Å². The van der Waals surface area contributed by atoms with Crippen molar-refractivity contribution >= 4 is 15.2 Å². The molecular formula is C6H9O6P. The molecule has 74 valence electrons. The Morgan fingerprint density at radius 2 is 2.08 bits per heavy atom. The van der Waals surface area contributed by atoms with Crippen LogP contribution in [0.15, 0.2) is 11.5 Å². The summed E-state index contributed by atoms with van der Waals surface area (Å²) in [6.07, 6.45) is -1.45. The Hall–Kier alpha value is -0.840. The van der Waals surface area contributed by atoms with Gasteiger partial charge in [-0.05, 0) is 0 Å². The zero-order valence-electron chi connectivity index (χ0n) is 6.47. The van der Waals surface area contributed by atoms with Crippen LogP contribution in [0, 0.1) is 0 Å². The largest absolute Gasteiger partial charge is 0.505 e. The molecule has 7 heteroatoms. The van der Waals surface area contributed by atoms with Gasteiger partial charge in [0.25, 0.3) is 0 Å². The molecule has 0 aromatic rings. The van der Waals surface area contributed by atoms with Crippen LogP contribution in [0.5, 0.6) is 0 Å². The Morgan fingerprint density at radius 1 is 1.54 bits per heavy atom. The lowest BCUT2D eigenvalue weighted by Crippen LogP contribution is -2.41. The summed E-state index contributed by atoms with van der Waals surface area (Å²) in [7, 11) is 1.82. The van der Waals surface area contributed by atoms with Crippen molar-refractivity contribution in [2.75, 3.05) is 6.61 Å². The second kappa shape index (κ2) is 3.14. The van der Waals surface area contributed by atoms with Crippen molar-refractivity contribution in [1.82, 2.24) is 0 Å². The van der Waals surface area contributed by atoms with Gasteiger partial charge < -0.3 is 25.2 Å². The van der Waals surface area contributed by atoms with E-state index in [0.29, 0.717) is 0 Å². The second-order valence-corrected chi connectivity index (χ2v) is 3.67. The Labute approximate surface area is 75.7 Å². The van der Waals surface area contributed by atoms with Crippen LogP contribution in [0.4, 0.5) is 0 Å². The van der Waals surface area contributed by atoms with Gasteiger partial charge in [0.15, 0.2) is 11.9 Å². The lowest BCUT2D eigenvalue weighted by atomic mass is 10.2. The molecule has 0 bridgehead atoms. The maximum atomic E-state index is 10.7. The standard InChI is InChI=1S/C6H9O6P/c7-1-6(11,13)4-2(8)3(9)5(10)12-4/h4,7-9,11H,1,13H2/t4-,6+/m0/s1. The molecular weight excluding hydrogens is 199 g/mol. The summed E-state index contributed by atoms with van der Waals surface area (Å²) in [6, 6.07) is 0. The highest BCUT2D eigenvalue weighted by atomic mass is 31.0. The monoisotopic (exact) mass is 208 g/mol. The third-order valence-corrected chi connectivity index (χ3v) is 2.10. The van der Waals surface area contributed by atoms with Crippen molar-refractivity contribution in [2.24, 2.45) is 0 Å². The van der Waals surface area contributed by atoms with Gasteiger partial charge in [-0.1, -0.05) is 9.24 Å². The molecule has 0 saturated carbocycles. The minimum atomic E-state index is -1.88. The number of hydrogen-bond acceptors (Lipinski definition) is 6. The van der Waals surface area contributed by atoms with E-state index >= 15 is 0 Å². The Morgan fingerprint density at radius 3 is 2.38 bits per heavy atom. The highest BCUT2D eigenvalue weighted by Crippen LogP contribution is 2.31. The maximum absolute atomic E-state index is 10.7. The summed E-state index contributed by atoms with van der Waals surface area (Å²) >= 11 is 0. The molecule has 1 rings (SSSR count). The van der Waals surface area contributed by atoms with E-state index in [1.807, 2.05) is 9.24 Å². The molecule has 0 aromatic carbocycles. The molecule has 0 amide bonds. The first kappa shape index (κ1) is 10.2. The van der Waals surface area contributed by atoms with Gasteiger partial charge in [0.2, 0.25) is 5.76 Å². The zero-order chi connectivity index (χ0) is 10.2. The highest BCUT2D eigenvalue weighted by molar-refractivity contribution is 7.18. The van der Waals surface area contributed by atoms with Gasteiger partial charge in [0.05, 0.1) is 6.61 Å². The maximum Gasteiger partial charge on any atom is 0.378 e. The summed E-state index contributed by atoms with van der Waals surface area (Å²) in [5, 5.41) is 34.1. The summed E-state index contributed by atoms with van der Waals surface area (Å²) < 4.78 is 4.40. The summed E-state index contributed by atoms with van der Waals surface area (Å²) in [4.78, 5) is 10.7. The number of hydrogen-bond donors (Lipinski definition) is 4. The minimum Gasteiger partial charge on any atom is -0.505 e. The fourth-order valence-electron chi connectivity index (χ4n) is 0.869. The third-order valence-electron chi connectivity index (χ3n) is 1.62. The number of rotatable bonds is 2. The summed E-state index contributed by atoms with van der Waals surface area (Å²) in [5.41, 5.74) is 0. The van der Waals surface area contributed by atoms with E-state index in [1.54, 1.807) is 0 Å². The van der Waals surface area contributed by atoms with Crippen molar-refractivity contribution in [2.45, 2.75) is 11.4 Å². The lowest BCUT2D eigenvalue weighted by Gasteiger charge is -2.25. The van der Waals surface area contributed by atoms with Crippen LogP contribution >= 0.6 is 9.24 Å². The first-order valence-electron chi connectivity index (χ1n) is 3.35. The van der Waals surface area contributed by atoms with Crippen molar-refractivity contribution in [1.29, 1.82) is 0 Å².